The van der Waals surface area contributed by atoms with Crippen LogP contribution in [0.5, 0.6) is 11.5 Å². The Morgan fingerprint density at radius 3 is 2.46 bits per heavy atom. The van der Waals surface area contributed by atoms with Gasteiger partial charge in [-0.1, -0.05) is 12.1 Å². The third-order valence-electron chi connectivity index (χ3n) is 4.99. The smallest absolute Gasteiger partial charge is 0.282 e. The van der Waals surface area contributed by atoms with E-state index in [-0.39, 0.29) is 17.7 Å². The molecule has 1 aliphatic heterocycles. The number of carbonyl (C=O) groups is 1. The number of rotatable bonds is 5. The van der Waals surface area contributed by atoms with Crippen molar-refractivity contribution in [3.05, 3.63) is 48.5 Å². The highest BCUT2D eigenvalue weighted by molar-refractivity contribution is 5.94. The number of quaternary nitrogens is 1. The number of phenolic OH excluding ortho intramolecular Hbond substituents is 1. The van der Waals surface area contributed by atoms with Crippen LogP contribution in [0.2, 0.25) is 0 Å². The number of amides is 1. The molecule has 138 valence electrons. The molecule has 1 heterocycles. The van der Waals surface area contributed by atoms with E-state index in [2.05, 4.69) is 10.2 Å². The van der Waals surface area contributed by atoms with E-state index in [1.54, 1.807) is 19.2 Å². The summed E-state index contributed by atoms with van der Waals surface area (Å²) in [6.07, 6.45) is 0. The van der Waals surface area contributed by atoms with Gasteiger partial charge in [-0.05, 0) is 43.3 Å². The number of anilines is 2. The minimum absolute atomic E-state index is 0.00239. The van der Waals surface area contributed by atoms with Gasteiger partial charge in [0.1, 0.15) is 11.5 Å². The number of nitrogens with zero attached hydrogens (tertiary/aromatic N) is 1. The Morgan fingerprint density at radius 2 is 1.81 bits per heavy atom. The molecule has 1 atom stereocenters. The predicted molar refractivity (Wildman–Crippen MR) is 102 cm³/mol. The van der Waals surface area contributed by atoms with Crippen molar-refractivity contribution in [2.75, 3.05) is 43.5 Å². The lowest BCUT2D eigenvalue weighted by atomic mass is 10.2. The van der Waals surface area contributed by atoms with Crippen LogP contribution in [0.15, 0.2) is 48.5 Å². The molecule has 0 saturated carbocycles. The Kier molecular flexibility index (Phi) is 5.63. The van der Waals surface area contributed by atoms with Crippen LogP contribution in [0, 0.1) is 0 Å². The maximum Gasteiger partial charge on any atom is 0.282 e. The number of benzene rings is 2. The standard InChI is InChI=1S/C20H25N3O3/c1-15(20(25)21-18-5-3-4-6-19(18)26-2)22-11-13-23(14-12-22)16-7-9-17(24)10-8-16/h3-10,15,24H,11-14H2,1-2H3,(H,21,25)/p+1/t15-/m0/s1. The van der Waals surface area contributed by atoms with Gasteiger partial charge in [-0.2, -0.15) is 0 Å². The largest absolute Gasteiger partial charge is 0.508 e. The van der Waals surface area contributed by atoms with Gasteiger partial charge in [-0.15, -0.1) is 0 Å². The minimum atomic E-state index is -0.137. The van der Waals surface area contributed by atoms with E-state index in [0.717, 1.165) is 31.9 Å². The first kappa shape index (κ1) is 18.1. The number of nitrogens with one attached hydrogen (secondary N) is 2. The first-order valence-corrected chi connectivity index (χ1v) is 8.91. The molecule has 0 aliphatic carbocycles. The summed E-state index contributed by atoms with van der Waals surface area (Å²) >= 11 is 0. The molecule has 3 N–H and O–H groups in total. The SMILES string of the molecule is COc1ccccc1NC(=O)[C@H](C)[NH+]1CCN(c2ccc(O)cc2)CC1. The summed E-state index contributed by atoms with van der Waals surface area (Å²) in [5, 5.41) is 12.4. The zero-order valence-corrected chi connectivity index (χ0v) is 15.2. The zero-order chi connectivity index (χ0) is 18.5. The van der Waals surface area contributed by atoms with Crippen molar-refractivity contribution in [1.29, 1.82) is 0 Å². The molecule has 1 amide bonds. The van der Waals surface area contributed by atoms with Crippen LogP contribution in [0.3, 0.4) is 0 Å². The fraction of sp³-hybridized carbons (Fsp3) is 0.350. The quantitative estimate of drug-likeness (QED) is 0.752. The average Bonchev–Trinajstić information content (AvgIpc) is 2.68. The molecule has 2 aromatic carbocycles. The maximum atomic E-state index is 12.6. The van der Waals surface area contributed by atoms with Crippen molar-refractivity contribution >= 4 is 17.3 Å². The summed E-state index contributed by atoms with van der Waals surface area (Å²) in [4.78, 5) is 16.2. The second kappa shape index (κ2) is 8.10. The van der Waals surface area contributed by atoms with Crippen molar-refractivity contribution in [3.8, 4) is 11.5 Å². The molecular formula is C20H26N3O3+. The highest BCUT2D eigenvalue weighted by atomic mass is 16.5. The number of ether oxygens (including phenoxy) is 1. The molecular weight excluding hydrogens is 330 g/mol. The molecule has 0 aromatic heterocycles. The Hall–Kier alpha value is -2.73. The molecule has 0 unspecified atom stereocenters. The number of hydrogen-bond donors (Lipinski definition) is 3. The number of piperazine rings is 1. The van der Waals surface area contributed by atoms with Gasteiger partial charge in [0, 0.05) is 5.69 Å². The molecule has 1 saturated heterocycles. The Balaban J connectivity index is 1.56. The molecule has 6 heteroatoms. The molecule has 0 radical (unpaired) electrons. The number of aromatic hydroxyl groups is 1. The topological polar surface area (TPSA) is 66.2 Å². The van der Waals surface area contributed by atoms with Gasteiger partial charge >= 0.3 is 0 Å². The monoisotopic (exact) mass is 356 g/mol. The van der Waals surface area contributed by atoms with Crippen LogP contribution in [0.4, 0.5) is 11.4 Å². The lowest BCUT2D eigenvalue weighted by molar-refractivity contribution is -0.914. The number of carbonyl (C=O) groups excluding carboxylic acids is 1. The van der Waals surface area contributed by atoms with Gasteiger partial charge in [-0.25, -0.2) is 0 Å². The van der Waals surface area contributed by atoms with Crippen molar-refractivity contribution in [3.63, 3.8) is 0 Å². The van der Waals surface area contributed by atoms with E-state index >= 15 is 0 Å². The highest BCUT2D eigenvalue weighted by Crippen LogP contribution is 2.23. The van der Waals surface area contributed by atoms with E-state index in [1.165, 1.54) is 4.90 Å². The van der Waals surface area contributed by atoms with E-state index in [9.17, 15) is 9.90 Å². The van der Waals surface area contributed by atoms with E-state index in [0.29, 0.717) is 11.4 Å². The summed E-state index contributed by atoms with van der Waals surface area (Å²) in [5.41, 5.74) is 1.81. The van der Waals surface area contributed by atoms with Crippen LogP contribution in [0.25, 0.3) is 0 Å². The van der Waals surface area contributed by atoms with Crippen LogP contribution in [-0.4, -0.2) is 50.3 Å². The summed E-state index contributed by atoms with van der Waals surface area (Å²) in [6.45, 7) is 5.51. The second-order valence-corrected chi connectivity index (χ2v) is 6.57. The van der Waals surface area contributed by atoms with Crippen molar-refractivity contribution < 1.29 is 19.5 Å². The molecule has 6 nitrogen and oxygen atoms in total. The van der Waals surface area contributed by atoms with Gasteiger partial charge in [-0.3, -0.25) is 4.79 Å². The van der Waals surface area contributed by atoms with Crippen LogP contribution < -0.4 is 19.9 Å². The molecule has 3 rings (SSSR count). The number of hydrogen-bond acceptors (Lipinski definition) is 4. The normalized spacial score (nSPS) is 16.2. The third kappa shape index (κ3) is 4.08. The molecule has 26 heavy (non-hydrogen) atoms. The van der Waals surface area contributed by atoms with Crippen molar-refractivity contribution in [2.45, 2.75) is 13.0 Å². The first-order valence-electron chi connectivity index (χ1n) is 8.91. The minimum Gasteiger partial charge on any atom is -0.508 e. The van der Waals surface area contributed by atoms with E-state index in [1.807, 2.05) is 43.3 Å². The zero-order valence-electron chi connectivity index (χ0n) is 15.2. The first-order chi connectivity index (χ1) is 12.6. The van der Waals surface area contributed by atoms with E-state index < -0.39 is 0 Å². The van der Waals surface area contributed by atoms with Gasteiger partial charge < -0.3 is 25.0 Å². The second-order valence-electron chi connectivity index (χ2n) is 6.57. The molecule has 1 fully saturated rings. The van der Waals surface area contributed by atoms with Crippen LogP contribution >= 0.6 is 0 Å². The van der Waals surface area contributed by atoms with Gasteiger partial charge in [0.2, 0.25) is 0 Å². The molecule has 0 spiro atoms. The Labute approximate surface area is 154 Å². The number of para-hydroxylation sites is 2. The fourth-order valence-electron chi connectivity index (χ4n) is 3.32. The summed E-state index contributed by atoms with van der Waals surface area (Å²) < 4.78 is 5.30. The summed E-state index contributed by atoms with van der Waals surface area (Å²) in [7, 11) is 1.60. The van der Waals surface area contributed by atoms with Gasteiger partial charge in [0.25, 0.3) is 5.91 Å². The van der Waals surface area contributed by atoms with Crippen molar-refractivity contribution in [2.24, 2.45) is 0 Å². The van der Waals surface area contributed by atoms with Crippen LogP contribution in [0.1, 0.15) is 6.92 Å². The van der Waals surface area contributed by atoms with E-state index in [4.69, 9.17) is 4.74 Å². The molecule has 0 bridgehead atoms. The van der Waals surface area contributed by atoms with Crippen molar-refractivity contribution in [1.82, 2.24) is 0 Å². The van der Waals surface area contributed by atoms with Gasteiger partial charge in [0.15, 0.2) is 6.04 Å². The summed E-state index contributed by atoms with van der Waals surface area (Å²) in [5.74, 6) is 0.947. The number of phenols is 1. The molecule has 2 aromatic rings. The lowest BCUT2D eigenvalue weighted by Gasteiger charge is -2.36. The summed E-state index contributed by atoms with van der Waals surface area (Å²) in [6, 6.07) is 14.6. The average molecular weight is 356 g/mol. The fourth-order valence-corrected chi connectivity index (χ4v) is 3.32. The van der Waals surface area contributed by atoms with Crippen LogP contribution in [-0.2, 0) is 4.79 Å². The Bertz CT molecular complexity index is 740. The van der Waals surface area contributed by atoms with Gasteiger partial charge in [0.05, 0.1) is 39.0 Å². The Morgan fingerprint density at radius 1 is 1.15 bits per heavy atom. The molecule has 1 aliphatic rings. The third-order valence-corrected chi connectivity index (χ3v) is 4.99. The predicted octanol–water partition coefficient (Wildman–Crippen LogP) is 1.13. The lowest BCUT2D eigenvalue weighted by Crippen LogP contribution is -3.19. The highest BCUT2D eigenvalue weighted by Gasteiger charge is 2.29. The number of methoxy groups -OCH3 is 1. The maximum absolute atomic E-state index is 12.6.